The van der Waals surface area contributed by atoms with Crippen LogP contribution in [0.15, 0.2) is 64.9 Å². The van der Waals surface area contributed by atoms with Crippen molar-refractivity contribution in [1.82, 2.24) is 9.21 Å². The first-order chi connectivity index (χ1) is 18.7. The Bertz CT molecular complexity index is 1510. The summed E-state index contributed by atoms with van der Waals surface area (Å²) in [6.07, 6.45) is -4.73. The highest BCUT2D eigenvalue weighted by Gasteiger charge is 2.42. The Balaban J connectivity index is 0.000000559. The number of nitriles is 1. The van der Waals surface area contributed by atoms with Gasteiger partial charge in [0.25, 0.3) is 10.0 Å². The number of thiophene rings is 1. The van der Waals surface area contributed by atoms with Gasteiger partial charge in [0.15, 0.2) is 0 Å². The van der Waals surface area contributed by atoms with Crippen molar-refractivity contribution in [2.45, 2.75) is 35.9 Å². The van der Waals surface area contributed by atoms with E-state index in [4.69, 9.17) is 38.4 Å². The molecule has 4 rings (SSSR count). The van der Waals surface area contributed by atoms with Gasteiger partial charge in [-0.1, -0.05) is 65.7 Å². The third kappa shape index (κ3) is 7.74. The predicted octanol–water partition coefficient (Wildman–Crippen LogP) is 5.55. The SMILES string of the molecule is N#Cc1cccc(CN2CC[C@H](N(Cc3ccccc3)S(=O)(=O)c3cc(Cl)c(Cl)s3)C2=O)c1.O=C(O)C(F)(F)F. The second kappa shape index (κ2) is 13.0. The maximum absolute atomic E-state index is 13.6. The van der Waals surface area contributed by atoms with E-state index in [0.29, 0.717) is 25.1 Å². The van der Waals surface area contributed by atoms with Gasteiger partial charge in [-0.3, -0.25) is 4.79 Å². The first-order valence-corrected chi connectivity index (χ1v) is 14.3. The van der Waals surface area contributed by atoms with Crippen LogP contribution in [0.2, 0.25) is 9.36 Å². The Morgan fingerprint density at radius 1 is 1.12 bits per heavy atom. The number of carbonyl (C=O) groups is 2. The first-order valence-electron chi connectivity index (χ1n) is 11.3. The number of likely N-dealkylation sites (tertiary alicyclic amines) is 1. The molecule has 2 aromatic carbocycles. The molecule has 1 fully saturated rings. The fourth-order valence-electron chi connectivity index (χ4n) is 3.80. The highest BCUT2D eigenvalue weighted by atomic mass is 35.5. The average Bonchev–Trinajstić information content (AvgIpc) is 3.44. The molecule has 1 atom stereocenters. The molecule has 212 valence electrons. The van der Waals surface area contributed by atoms with Crippen molar-refractivity contribution in [3.8, 4) is 6.07 Å². The summed E-state index contributed by atoms with van der Waals surface area (Å²) in [5.74, 6) is -3.03. The number of carboxylic acids is 1. The number of alkyl halides is 3. The van der Waals surface area contributed by atoms with Crippen molar-refractivity contribution in [2.75, 3.05) is 6.54 Å². The number of hydrogen-bond donors (Lipinski definition) is 1. The molecule has 40 heavy (non-hydrogen) atoms. The number of sulfonamides is 1. The van der Waals surface area contributed by atoms with E-state index in [1.165, 1.54) is 10.4 Å². The Morgan fingerprint density at radius 3 is 2.30 bits per heavy atom. The van der Waals surface area contributed by atoms with Crippen LogP contribution in [0.3, 0.4) is 0 Å². The fraction of sp³-hybridized carbons (Fsp3) is 0.240. The molecule has 8 nitrogen and oxygen atoms in total. The zero-order chi connectivity index (χ0) is 29.7. The molecule has 1 N–H and O–H groups in total. The Morgan fingerprint density at radius 2 is 1.75 bits per heavy atom. The average molecular weight is 634 g/mol. The molecule has 1 saturated heterocycles. The lowest BCUT2D eigenvalue weighted by Gasteiger charge is -2.27. The van der Waals surface area contributed by atoms with E-state index in [1.807, 2.05) is 36.4 Å². The maximum atomic E-state index is 13.6. The third-order valence-corrected chi connectivity index (χ3v) is 9.82. The van der Waals surface area contributed by atoms with Gasteiger partial charge in [-0.05, 0) is 35.7 Å². The van der Waals surface area contributed by atoms with E-state index in [-0.39, 0.29) is 26.0 Å². The summed E-state index contributed by atoms with van der Waals surface area (Å²) < 4.78 is 60.4. The maximum Gasteiger partial charge on any atom is 0.490 e. The van der Waals surface area contributed by atoms with Crippen molar-refractivity contribution in [2.24, 2.45) is 0 Å². The van der Waals surface area contributed by atoms with Gasteiger partial charge in [-0.2, -0.15) is 22.7 Å². The van der Waals surface area contributed by atoms with Crippen LogP contribution in [-0.4, -0.2) is 53.4 Å². The second-order valence-corrected chi connectivity index (χ2v) is 12.6. The number of nitrogens with zero attached hydrogens (tertiary/aromatic N) is 3. The lowest BCUT2D eigenvalue weighted by molar-refractivity contribution is -0.192. The molecule has 2 heterocycles. The van der Waals surface area contributed by atoms with Crippen LogP contribution < -0.4 is 0 Å². The number of amides is 1. The van der Waals surface area contributed by atoms with Crippen LogP contribution in [0.25, 0.3) is 0 Å². The van der Waals surface area contributed by atoms with Crippen molar-refractivity contribution < 1.29 is 36.3 Å². The smallest absolute Gasteiger partial charge is 0.475 e. The zero-order valence-corrected chi connectivity index (χ0v) is 23.5. The number of hydrogen-bond acceptors (Lipinski definition) is 6. The number of aliphatic carboxylic acids is 1. The number of rotatable bonds is 7. The van der Waals surface area contributed by atoms with Crippen LogP contribution in [0.1, 0.15) is 23.1 Å². The monoisotopic (exact) mass is 633 g/mol. The lowest BCUT2D eigenvalue weighted by Crippen LogP contribution is -2.44. The zero-order valence-electron chi connectivity index (χ0n) is 20.3. The van der Waals surface area contributed by atoms with Crippen molar-refractivity contribution in [3.63, 3.8) is 0 Å². The van der Waals surface area contributed by atoms with Gasteiger partial charge >= 0.3 is 12.1 Å². The second-order valence-electron chi connectivity index (χ2n) is 8.40. The molecule has 1 aliphatic rings. The van der Waals surface area contributed by atoms with E-state index in [9.17, 15) is 26.4 Å². The molecule has 0 unspecified atom stereocenters. The van der Waals surface area contributed by atoms with Crippen LogP contribution >= 0.6 is 34.5 Å². The minimum Gasteiger partial charge on any atom is -0.475 e. The number of carbonyl (C=O) groups excluding carboxylic acids is 1. The van der Waals surface area contributed by atoms with Crippen molar-refractivity contribution in [1.29, 1.82) is 5.26 Å². The Kier molecular flexibility index (Phi) is 10.2. The summed E-state index contributed by atoms with van der Waals surface area (Å²) in [5, 5.41) is 16.4. The lowest BCUT2D eigenvalue weighted by atomic mass is 10.1. The molecule has 0 aliphatic carbocycles. The topological polar surface area (TPSA) is 119 Å². The molecule has 0 bridgehead atoms. The molecule has 0 saturated carbocycles. The van der Waals surface area contributed by atoms with Crippen molar-refractivity contribution >= 4 is 56.4 Å². The molecule has 3 aromatic rings. The van der Waals surface area contributed by atoms with Crippen molar-refractivity contribution in [3.05, 3.63) is 86.7 Å². The molecular formula is C25H20Cl2F3N3O5S2. The molecule has 1 aromatic heterocycles. The fourth-order valence-corrected chi connectivity index (χ4v) is 7.41. The molecular weight excluding hydrogens is 614 g/mol. The number of carboxylic acid groups (broad SMARTS) is 1. The Labute approximate surface area is 241 Å². The van der Waals surface area contributed by atoms with E-state index in [2.05, 4.69) is 6.07 Å². The highest BCUT2D eigenvalue weighted by molar-refractivity contribution is 7.91. The van der Waals surface area contributed by atoms with Gasteiger partial charge in [0.1, 0.15) is 14.6 Å². The summed E-state index contributed by atoms with van der Waals surface area (Å²) in [6, 6.07) is 18.7. The molecule has 1 amide bonds. The number of halogens is 5. The van der Waals surface area contributed by atoms with E-state index in [1.54, 1.807) is 23.1 Å². The van der Waals surface area contributed by atoms with E-state index >= 15 is 0 Å². The van der Waals surface area contributed by atoms with Crippen LogP contribution in [0.5, 0.6) is 0 Å². The molecule has 0 radical (unpaired) electrons. The van der Waals surface area contributed by atoms with Gasteiger partial charge in [0, 0.05) is 19.6 Å². The summed E-state index contributed by atoms with van der Waals surface area (Å²) in [5.41, 5.74) is 2.09. The number of benzene rings is 2. The Hall–Kier alpha value is -3.15. The summed E-state index contributed by atoms with van der Waals surface area (Å²) in [6.45, 7) is 0.762. The van der Waals surface area contributed by atoms with Gasteiger partial charge < -0.3 is 10.0 Å². The highest BCUT2D eigenvalue weighted by Crippen LogP contribution is 2.37. The van der Waals surface area contributed by atoms with Gasteiger partial charge in [0.2, 0.25) is 5.91 Å². The summed E-state index contributed by atoms with van der Waals surface area (Å²) in [4.78, 5) is 23.9. The minimum absolute atomic E-state index is 0.00130. The predicted molar refractivity (Wildman–Crippen MR) is 142 cm³/mol. The van der Waals surface area contributed by atoms with Gasteiger partial charge in [0.05, 0.1) is 16.7 Å². The quantitative estimate of drug-likeness (QED) is 0.364. The normalized spacial score (nSPS) is 15.5. The first kappa shape index (κ1) is 31.4. The molecule has 15 heteroatoms. The van der Waals surface area contributed by atoms with Gasteiger partial charge in [-0.25, -0.2) is 13.2 Å². The largest absolute Gasteiger partial charge is 0.490 e. The minimum atomic E-state index is -5.08. The van der Waals surface area contributed by atoms with Crippen LogP contribution in [0, 0.1) is 11.3 Å². The van der Waals surface area contributed by atoms with Crippen LogP contribution in [0.4, 0.5) is 13.2 Å². The standard InChI is InChI=1S/C23H19Cl2N3O3S2.C2HF3O2/c24-19-12-21(32-22(19)25)33(30,31)28(15-16-5-2-1-3-6-16)20-9-10-27(23(20)29)14-18-8-4-7-17(11-18)13-26;3-2(4,5)1(6)7/h1-8,11-12,20H,9-10,14-15H2;(H,6,7)/t20-;/m0./s1. The molecule has 1 aliphatic heterocycles. The molecule has 0 spiro atoms. The van der Waals surface area contributed by atoms with Crippen LogP contribution in [-0.2, 0) is 32.7 Å². The summed E-state index contributed by atoms with van der Waals surface area (Å²) in [7, 11) is -4.03. The summed E-state index contributed by atoms with van der Waals surface area (Å²) >= 11 is 12.9. The van der Waals surface area contributed by atoms with E-state index < -0.39 is 28.2 Å². The third-order valence-electron chi connectivity index (χ3n) is 5.66. The van der Waals surface area contributed by atoms with E-state index in [0.717, 1.165) is 22.5 Å². The van der Waals surface area contributed by atoms with Gasteiger partial charge in [-0.15, -0.1) is 11.3 Å².